The lowest BCUT2D eigenvalue weighted by Gasteiger charge is -2.18. The van der Waals surface area contributed by atoms with Crippen molar-refractivity contribution in [1.82, 2.24) is 0 Å². The van der Waals surface area contributed by atoms with E-state index in [0.717, 1.165) is 23.3 Å². The monoisotopic (exact) mass is 276 g/mol. The predicted octanol–water partition coefficient (Wildman–Crippen LogP) is 3.04. The molecule has 1 saturated heterocycles. The minimum atomic E-state index is -0.920. The van der Waals surface area contributed by atoms with Crippen molar-refractivity contribution in [2.24, 2.45) is 0 Å². The van der Waals surface area contributed by atoms with Crippen LogP contribution in [0.5, 0.6) is 0 Å². The number of ether oxygens (including phenoxy) is 2. The minimum absolute atomic E-state index is 0.0841. The second-order valence-corrected chi connectivity index (χ2v) is 4.88. The summed E-state index contributed by atoms with van der Waals surface area (Å²) in [6.07, 6.45) is 2.08. The summed E-state index contributed by atoms with van der Waals surface area (Å²) in [7, 11) is 0. The Bertz CT molecular complexity index is 503. The number of benzene rings is 1. The van der Waals surface area contributed by atoms with Crippen molar-refractivity contribution in [3.8, 4) is 0 Å². The fraction of sp³-hybridized carbons (Fsp3) is 0.438. The van der Waals surface area contributed by atoms with Crippen LogP contribution in [-0.4, -0.2) is 30.4 Å². The molecule has 1 aromatic rings. The van der Waals surface area contributed by atoms with Gasteiger partial charge in [-0.3, -0.25) is 0 Å². The Morgan fingerprint density at radius 3 is 2.85 bits per heavy atom. The number of carboxylic acids is 1. The van der Waals surface area contributed by atoms with E-state index in [0.29, 0.717) is 13.0 Å². The summed E-state index contributed by atoms with van der Waals surface area (Å²) in [5.74, 6) is -0.920. The highest BCUT2D eigenvalue weighted by molar-refractivity contribution is 5.90. The summed E-state index contributed by atoms with van der Waals surface area (Å²) in [4.78, 5) is 10.9. The first-order valence-corrected chi connectivity index (χ1v) is 6.87. The number of epoxide rings is 1. The van der Waals surface area contributed by atoms with Gasteiger partial charge in [0.15, 0.2) is 0 Å². The highest BCUT2D eigenvalue weighted by atomic mass is 16.6. The minimum Gasteiger partial charge on any atom is -0.478 e. The lowest BCUT2D eigenvalue weighted by Crippen LogP contribution is -2.08. The zero-order valence-electron chi connectivity index (χ0n) is 11.8. The second-order valence-electron chi connectivity index (χ2n) is 4.88. The standard InChI is InChI=1S/C16H20O4/c1-3-12(8-16(17)18)15-7-5-4-6-14(15)11(2)19-9-13-10-20-13/h4-8,11,13H,3,9-10H2,1-2H3,(H,17,18)/b12-8+/t11-,13+/m1/s1. The normalized spacial score (nSPS) is 19.7. The zero-order chi connectivity index (χ0) is 14.5. The Labute approximate surface area is 119 Å². The third-order valence-corrected chi connectivity index (χ3v) is 3.36. The summed E-state index contributed by atoms with van der Waals surface area (Å²) < 4.78 is 10.9. The van der Waals surface area contributed by atoms with Gasteiger partial charge in [-0.15, -0.1) is 0 Å². The first kappa shape index (κ1) is 14.8. The molecule has 0 unspecified atom stereocenters. The molecule has 2 atom stereocenters. The molecule has 20 heavy (non-hydrogen) atoms. The number of hydrogen-bond acceptors (Lipinski definition) is 3. The van der Waals surface area contributed by atoms with Gasteiger partial charge in [0, 0.05) is 6.08 Å². The molecule has 1 aliphatic rings. The van der Waals surface area contributed by atoms with Crippen LogP contribution < -0.4 is 0 Å². The highest BCUT2D eigenvalue weighted by Crippen LogP contribution is 2.29. The zero-order valence-corrected chi connectivity index (χ0v) is 11.8. The Morgan fingerprint density at radius 1 is 1.55 bits per heavy atom. The van der Waals surface area contributed by atoms with Gasteiger partial charge >= 0.3 is 5.97 Å². The van der Waals surface area contributed by atoms with Crippen LogP contribution in [0.25, 0.3) is 5.57 Å². The van der Waals surface area contributed by atoms with E-state index in [1.165, 1.54) is 6.08 Å². The maximum atomic E-state index is 10.9. The summed E-state index contributed by atoms with van der Waals surface area (Å²) in [6.45, 7) is 5.29. The SMILES string of the molecule is CC/C(=C\C(=O)O)c1ccccc1[C@@H](C)OC[C@H]1CO1. The number of allylic oxidation sites excluding steroid dienone is 1. The van der Waals surface area contributed by atoms with Crippen molar-refractivity contribution in [2.75, 3.05) is 13.2 Å². The van der Waals surface area contributed by atoms with Gasteiger partial charge in [-0.25, -0.2) is 4.79 Å². The van der Waals surface area contributed by atoms with E-state index in [9.17, 15) is 4.79 Å². The molecule has 1 fully saturated rings. The fourth-order valence-corrected chi connectivity index (χ4v) is 2.17. The summed E-state index contributed by atoms with van der Waals surface area (Å²) in [5.41, 5.74) is 2.77. The molecule has 1 heterocycles. The van der Waals surface area contributed by atoms with E-state index in [4.69, 9.17) is 14.6 Å². The first-order valence-electron chi connectivity index (χ1n) is 6.87. The molecule has 108 valence electrons. The van der Waals surface area contributed by atoms with E-state index in [-0.39, 0.29) is 12.2 Å². The third-order valence-electron chi connectivity index (χ3n) is 3.36. The Hall–Kier alpha value is -1.65. The number of hydrogen-bond donors (Lipinski definition) is 1. The van der Waals surface area contributed by atoms with E-state index in [2.05, 4.69) is 0 Å². The lowest BCUT2D eigenvalue weighted by atomic mass is 9.95. The third kappa shape index (κ3) is 3.92. The molecule has 0 amide bonds. The van der Waals surface area contributed by atoms with E-state index < -0.39 is 5.97 Å². The maximum absolute atomic E-state index is 10.9. The van der Waals surface area contributed by atoms with Crippen LogP contribution in [0.2, 0.25) is 0 Å². The molecule has 0 aliphatic carbocycles. The fourth-order valence-electron chi connectivity index (χ4n) is 2.17. The average Bonchev–Trinajstić information content (AvgIpc) is 3.26. The van der Waals surface area contributed by atoms with Gasteiger partial charge in [0.05, 0.1) is 19.3 Å². The first-order chi connectivity index (χ1) is 9.61. The van der Waals surface area contributed by atoms with Crippen LogP contribution >= 0.6 is 0 Å². The van der Waals surface area contributed by atoms with Crippen molar-refractivity contribution in [1.29, 1.82) is 0 Å². The maximum Gasteiger partial charge on any atom is 0.328 e. The molecular weight excluding hydrogens is 256 g/mol. The van der Waals surface area contributed by atoms with Gasteiger partial charge in [0.25, 0.3) is 0 Å². The number of carbonyl (C=O) groups is 1. The smallest absolute Gasteiger partial charge is 0.328 e. The quantitative estimate of drug-likeness (QED) is 0.614. The van der Waals surface area contributed by atoms with Crippen molar-refractivity contribution in [2.45, 2.75) is 32.5 Å². The van der Waals surface area contributed by atoms with Crippen LogP contribution in [0.3, 0.4) is 0 Å². The van der Waals surface area contributed by atoms with Gasteiger partial charge in [-0.05, 0) is 30.0 Å². The van der Waals surface area contributed by atoms with Crippen LogP contribution in [0.1, 0.15) is 37.5 Å². The van der Waals surface area contributed by atoms with Crippen LogP contribution in [0, 0.1) is 0 Å². The van der Waals surface area contributed by atoms with E-state index in [1.54, 1.807) is 0 Å². The van der Waals surface area contributed by atoms with Crippen LogP contribution in [0.15, 0.2) is 30.3 Å². The molecule has 0 bridgehead atoms. The number of aliphatic carboxylic acids is 1. The molecule has 4 nitrogen and oxygen atoms in total. The molecule has 0 aromatic heterocycles. The molecule has 1 N–H and O–H groups in total. The molecule has 0 spiro atoms. The molecule has 4 heteroatoms. The Morgan fingerprint density at radius 2 is 2.25 bits per heavy atom. The molecule has 1 aliphatic heterocycles. The van der Waals surface area contributed by atoms with Crippen molar-refractivity contribution in [3.63, 3.8) is 0 Å². The molecule has 0 radical (unpaired) electrons. The summed E-state index contributed by atoms with van der Waals surface area (Å²) >= 11 is 0. The van der Waals surface area contributed by atoms with Crippen LogP contribution in [0.4, 0.5) is 0 Å². The van der Waals surface area contributed by atoms with Gasteiger partial charge < -0.3 is 14.6 Å². The van der Waals surface area contributed by atoms with Crippen molar-refractivity contribution < 1.29 is 19.4 Å². The Kier molecular flexibility index (Phi) is 4.93. The van der Waals surface area contributed by atoms with E-state index >= 15 is 0 Å². The van der Waals surface area contributed by atoms with Crippen molar-refractivity contribution in [3.05, 3.63) is 41.5 Å². The predicted molar refractivity (Wildman–Crippen MR) is 76.5 cm³/mol. The number of rotatable bonds is 7. The van der Waals surface area contributed by atoms with Gasteiger partial charge in [0.1, 0.15) is 6.10 Å². The molecular formula is C16H20O4. The second kappa shape index (κ2) is 6.68. The highest BCUT2D eigenvalue weighted by Gasteiger charge is 2.24. The lowest BCUT2D eigenvalue weighted by molar-refractivity contribution is -0.131. The van der Waals surface area contributed by atoms with E-state index in [1.807, 2.05) is 38.1 Å². The van der Waals surface area contributed by atoms with Crippen LogP contribution in [-0.2, 0) is 14.3 Å². The van der Waals surface area contributed by atoms with Gasteiger partial charge in [-0.2, -0.15) is 0 Å². The van der Waals surface area contributed by atoms with Gasteiger partial charge in [0.2, 0.25) is 0 Å². The summed E-state index contributed by atoms with van der Waals surface area (Å²) in [6, 6.07) is 7.79. The molecule has 2 rings (SSSR count). The van der Waals surface area contributed by atoms with Crippen molar-refractivity contribution >= 4 is 11.5 Å². The number of carboxylic acid groups (broad SMARTS) is 1. The molecule has 0 saturated carbocycles. The largest absolute Gasteiger partial charge is 0.478 e. The Balaban J connectivity index is 2.21. The van der Waals surface area contributed by atoms with Gasteiger partial charge in [-0.1, -0.05) is 31.2 Å². The molecule has 1 aromatic carbocycles. The average molecular weight is 276 g/mol. The summed E-state index contributed by atoms with van der Waals surface area (Å²) in [5, 5.41) is 8.97. The topological polar surface area (TPSA) is 59.1 Å².